The number of hydrogen-bond acceptors (Lipinski definition) is 5. The van der Waals surface area contributed by atoms with Crippen LogP contribution in [0.15, 0.2) is 36.0 Å². The lowest BCUT2D eigenvalue weighted by Gasteiger charge is -2.20. The summed E-state index contributed by atoms with van der Waals surface area (Å²) < 4.78 is 40.9. The van der Waals surface area contributed by atoms with Crippen molar-refractivity contribution in [2.45, 2.75) is 25.4 Å². The van der Waals surface area contributed by atoms with Crippen molar-refractivity contribution in [3.63, 3.8) is 0 Å². The molecule has 1 aromatic heterocycles. The molecule has 124 valence electrons. The Labute approximate surface area is 135 Å². The lowest BCUT2D eigenvalue weighted by Crippen LogP contribution is -2.31. The molecule has 1 atom stereocenters. The maximum atomic E-state index is 12.3. The van der Waals surface area contributed by atoms with Gasteiger partial charge in [-0.05, 0) is 18.6 Å². The van der Waals surface area contributed by atoms with Gasteiger partial charge in [0.1, 0.15) is 5.75 Å². The summed E-state index contributed by atoms with van der Waals surface area (Å²) in [6.07, 6.45) is -1.88. The van der Waals surface area contributed by atoms with E-state index in [4.69, 9.17) is 0 Å². The lowest BCUT2D eigenvalue weighted by molar-refractivity contribution is -0.274. The first-order valence-electron chi connectivity index (χ1n) is 7.21. The van der Waals surface area contributed by atoms with E-state index >= 15 is 0 Å². The largest absolute Gasteiger partial charge is 0.573 e. The molecular formula is C15H16F3N3OS. The number of nitrogens with zero attached hydrogens (tertiary/aromatic N) is 2. The highest BCUT2D eigenvalue weighted by molar-refractivity contribution is 7.09. The molecule has 23 heavy (non-hydrogen) atoms. The minimum Gasteiger partial charge on any atom is -0.406 e. The number of nitrogens with one attached hydrogen (secondary N) is 1. The molecule has 1 unspecified atom stereocenters. The highest BCUT2D eigenvalue weighted by Gasteiger charge is 2.31. The topological polar surface area (TPSA) is 37.4 Å². The van der Waals surface area contributed by atoms with Crippen molar-refractivity contribution in [3.8, 4) is 5.75 Å². The Balaban J connectivity index is 1.57. The Hall–Kier alpha value is -1.80. The minimum absolute atomic E-state index is 0.184. The number of anilines is 1. The summed E-state index contributed by atoms with van der Waals surface area (Å²) in [6, 6.07) is 6.43. The number of aromatic nitrogens is 1. The van der Waals surface area contributed by atoms with Gasteiger partial charge < -0.3 is 15.0 Å². The minimum atomic E-state index is -4.66. The first-order chi connectivity index (χ1) is 11.0. The van der Waals surface area contributed by atoms with E-state index in [1.54, 1.807) is 29.0 Å². The second kappa shape index (κ2) is 6.76. The molecule has 8 heteroatoms. The second-order valence-corrected chi connectivity index (χ2v) is 6.30. The first-order valence-corrected chi connectivity index (χ1v) is 8.09. The summed E-state index contributed by atoms with van der Waals surface area (Å²) in [5, 5.41) is 3.45. The Morgan fingerprint density at radius 1 is 1.39 bits per heavy atom. The van der Waals surface area contributed by atoms with Crippen molar-refractivity contribution < 1.29 is 17.9 Å². The van der Waals surface area contributed by atoms with Crippen LogP contribution in [0, 0.1) is 0 Å². The predicted molar refractivity (Wildman–Crippen MR) is 82.7 cm³/mol. The molecule has 1 N–H and O–H groups in total. The highest BCUT2D eigenvalue weighted by atomic mass is 32.1. The number of ether oxygens (including phenoxy) is 1. The van der Waals surface area contributed by atoms with E-state index in [0.29, 0.717) is 6.04 Å². The number of thiazole rings is 1. The Bertz CT molecular complexity index is 633. The third-order valence-electron chi connectivity index (χ3n) is 3.65. The predicted octanol–water partition coefficient (Wildman–Crippen LogP) is 3.41. The summed E-state index contributed by atoms with van der Waals surface area (Å²) in [7, 11) is 0. The molecule has 0 amide bonds. The van der Waals surface area contributed by atoms with E-state index < -0.39 is 6.36 Å². The molecule has 0 spiro atoms. The Kier molecular flexibility index (Phi) is 4.72. The van der Waals surface area contributed by atoms with Gasteiger partial charge in [0.25, 0.3) is 0 Å². The van der Waals surface area contributed by atoms with E-state index in [1.807, 2.05) is 6.20 Å². The fourth-order valence-corrected chi connectivity index (χ4v) is 3.16. The number of hydrogen-bond donors (Lipinski definition) is 1. The summed E-state index contributed by atoms with van der Waals surface area (Å²) in [4.78, 5) is 7.26. The van der Waals surface area contributed by atoms with Crippen molar-refractivity contribution in [1.82, 2.24) is 10.3 Å². The summed E-state index contributed by atoms with van der Waals surface area (Å²) in [5.41, 5.74) is 2.54. The maximum Gasteiger partial charge on any atom is 0.573 e. The molecule has 2 aromatic rings. The Morgan fingerprint density at radius 3 is 3.00 bits per heavy atom. The molecule has 4 nitrogen and oxygen atoms in total. The third-order valence-corrected chi connectivity index (χ3v) is 4.43. The van der Waals surface area contributed by atoms with E-state index in [9.17, 15) is 13.2 Å². The first kappa shape index (κ1) is 16.1. The molecule has 0 radical (unpaired) electrons. The van der Waals surface area contributed by atoms with Crippen LogP contribution in [0.2, 0.25) is 0 Å². The lowest BCUT2D eigenvalue weighted by atomic mass is 10.2. The highest BCUT2D eigenvalue weighted by Crippen LogP contribution is 2.28. The van der Waals surface area contributed by atoms with Crippen LogP contribution in [0.25, 0.3) is 0 Å². The van der Waals surface area contributed by atoms with E-state index in [-0.39, 0.29) is 5.75 Å². The molecule has 2 heterocycles. The standard InChI is InChI=1S/C15H16F3N3OS/c16-15(17,18)22-13-3-1-2-12(6-13)21-5-4-11(9-21)20-8-14-7-19-10-23-14/h1-3,6-7,10-11,20H,4-5,8-9H2. The monoisotopic (exact) mass is 343 g/mol. The van der Waals surface area contributed by atoms with Crippen molar-refractivity contribution >= 4 is 17.0 Å². The molecule has 0 saturated carbocycles. The number of benzene rings is 1. The van der Waals surface area contributed by atoms with Crippen molar-refractivity contribution in [3.05, 3.63) is 40.8 Å². The smallest absolute Gasteiger partial charge is 0.406 e. The van der Waals surface area contributed by atoms with E-state index in [0.717, 1.165) is 31.7 Å². The van der Waals surface area contributed by atoms with Gasteiger partial charge in [0.2, 0.25) is 0 Å². The van der Waals surface area contributed by atoms with Crippen LogP contribution in [-0.4, -0.2) is 30.5 Å². The van der Waals surface area contributed by atoms with Crippen molar-refractivity contribution in [2.75, 3.05) is 18.0 Å². The fraction of sp³-hybridized carbons (Fsp3) is 0.400. The quantitative estimate of drug-likeness (QED) is 0.903. The van der Waals surface area contributed by atoms with Gasteiger partial charge in [0.05, 0.1) is 5.51 Å². The SMILES string of the molecule is FC(F)(F)Oc1cccc(N2CCC(NCc3cncs3)C2)c1. The van der Waals surface area contributed by atoms with Gasteiger partial charge >= 0.3 is 6.36 Å². The van der Waals surface area contributed by atoms with Crippen LogP contribution in [0.5, 0.6) is 5.75 Å². The summed E-state index contributed by atoms with van der Waals surface area (Å²) in [6.45, 7) is 2.32. The molecule has 0 aliphatic carbocycles. The van der Waals surface area contributed by atoms with Gasteiger partial charge in [-0.1, -0.05) is 6.07 Å². The second-order valence-electron chi connectivity index (χ2n) is 5.33. The zero-order valence-corrected chi connectivity index (χ0v) is 13.0. The summed E-state index contributed by atoms with van der Waals surface area (Å²) in [5.74, 6) is -0.184. The normalized spacial score (nSPS) is 18.4. The van der Waals surface area contributed by atoms with Gasteiger partial charge in [-0.25, -0.2) is 0 Å². The van der Waals surface area contributed by atoms with Crippen molar-refractivity contribution in [1.29, 1.82) is 0 Å². The van der Waals surface area contributed by atoms with Gasteiger partial charge in [0, 0.05) is 48.5 Å². The summed E-state index contributed by atoms with van der Waals surface area (Å²) >= 11 is 1.60. The third kappa shape index (κ3) is 4.59. The number of alkyl halides is 3. The molecule has 1 saturated heterocycles. The van der Waals surface area contributed by atoms with Gasteiger partial charge in [-0.15, -0.1) is 24.5 Å². The van der Waals surface area contributed by atoms with Gasteiger partial charge in [0.15, 0.2) is 0 Å². The van der Waals surface area contributed by atoms with E-state index in [2.05, 4.69) is 19.9 Å². The van der Waals surface area contributed by atoms with Crippen LogP contribution in [0.1, 0.15) is 11.3 Å². The number of halogens is 3. The van der Waals surface area contributed by atoms with Gasteiger partial charge in [-0.2, -0.15) is 0 Å². The average molecular weight is 343 g/mol. The molecule has 1 aliphatic rings. The molecule has 1 aromatic carbocycles. The van der Waals surface area contributed by atoms with Crippen LogP contribution in [0.3, 0.4) is 0 Å². The van der Waals surface area contributed by atoms with Gasteiger partial charge in [-0.3, -0.25) is 4.98 Å². The van der Waals surface area contributed by atoms with E-state index in [1.165, 1.54) is 17.0 Å². The van der Waals surface area contributed by atoms with Crippen molar-refractivity contribution in [2.24, 2.45) is 0 Å². The molecule has 1 aliphatic heterocycles. The number of rotatable bonds is 5. The molecule has 3 rings (SSSR count). The zero-order chi connectivity index (χ0) is 16.3. The average Bonchev–Trinajstić information content (AvgIpc) is 3.15. The maximum absolute atomic E-state index is 12.3. The van der Waals surface area contributed by atoms with Crippen LogP contribution in [0.4, 0.5) is 18.9 Å². The molecule has 1 fully saturated rings. The molecule has 0 bridgehead atoms. The Morgan fingerprint density at radius 2 is 2.26 bits per heavy atom. The zero-order valence-electron chi connectivity index (χ0n) is 12.2. The molecular weight excluding hydrogens is 327 g/mol. The van der Waals surface area contributed by atoms with Crippen LogP contribution >= 0.6 is 11.3 Å². The fourth-order valence-electron chi connectivity index (χ4n) is 2.61. The van der Waals surface area contributed by atoms with Crippen LogP contribution < -0.4 is 15.0 Å². The van der Waals surface area contributed by atoms with Crippen LogP contribution in [-0.2, 0) is 6.54 Å².